The number of allylic oxidation sites excluding steroid dienone is 1. The van der Waals surface area contributed by atoms with Gasteiger partial charge < -0.3 is 9.47 Å². The van der Waals surface area contributed by atoms with Gasteiger partial charge in [-0.2, -0.15) is 0 Å². The summed E-state index contributed by atoms with van der Waals surface area (Å²) in [5, 5.41) is 0. The molecule has 0 saturated carbocycles. The Hall–Kier alpha value is -0.830. The summed E-state index contributed by atoms with van der Waals surface area (Å²) in [7, 11) is 1.58. The Morgan fingerprint density at radius 1 is 1.27 bits per heavy atom. The van der Waals surface area contributed by atoms with Crippen LogP contribution in [0.1, 0.15) is 39.5 Å². The van der Waals surface area contributed by atoms with Gasteiger partial charge in [-0.3, -0.25) is 0 Å². The smallest absolute Gasteiger partial charge is 0.330 e. The first-order chi connectivity index (χ1) is 7.20. The van der Waals surface area contributed by atoms with Crippen LogP contribution in [0, 0.1) is 0 Å². The highest BCUT2D eigenvalue weighted by Gasteiger charge is 1.99. The van der Waals surface area contributed by atoms with Crippen molar-refractivity contribution in [3.05, 3.63) is 11.6 Å². The maximum absolute atomic E-state index is 11.2. The van der Waals surface area contributed by atoms with Gasteiger partial charge in [0.1, 0.15) is 6.61 Å². The largest absolute Gasteiger partial charge is 0.460 e. The van der Waals surface area contributed by atoms with Crippen molar-refractivity contribution in [2.45, 2.75) is 39.5 Å². The van der Waals surface area contributed by atoms with Crippen molar-refractivity contribution in [1.82, 2.24) is 0 Å². The summed E-state index contributed by atoms with van der Waals surface area (Å²) in [6, 6.07) is 0. The lowest BCUT2D eigenvalue weighted by molar-refractivity contribution is -0.139. The van der Waals surface area contributed by atoms with Crippen LogP contribution >= 0.6 is 0 Å². The Bertz CT molecular complexity index is 197. The van der Waals surface area contributed by atoms with Gasteiger partial charge in [0.25, 0.3) is 0 Å². The molecule has 0 aromatic rings. The number of ether oxygens (including phenoxy) is 2. The van der Waals surface area contributed by atoms with Crippen molar-refractivity contribution >= 4 is 5.97 Å². The second kappa shape index (κ2) is 9.71. The van der Waals surface area contributed by atoms with Crippen LogP contribution in [0.3, 0.4) is 0 Å². The molecular formula is C12H22O3. The second-order valence-corrected chi connectivity index (χ2v) is 3.61. The summed E-state index contributed by atoms with van der Waals surface area (Å²) >= 11 is 0. The fourth-order valence-corrected chi connectivity index (χ4v) is 1.19. The van der Waals surface area contributed by atoms with E-state index in [9.17, 15) is 4.79 Å². The number of hydrogen-bond acceptors (Lipinski definition) is 3. The predicted octanol–water partition coefficient (Wildman–Crippen LogP) is 2.70. The molecule has 0 atom stereocenters. The molecule has 0 aliphatic heterocycles. The molecule has 0 spiro atoms. The minimum Gasteiger partial charge on any atom is -0.460 e. The molecule has 0 aliphatic rings. The predicted molar refractivity (Wildman–Crippen MR) is 60.7 cm³/mol. The van der Waals surface area contributed by atoms with E-state index in [2.05, 4.69) is 6.92 Å². The van der Waals surface area contributed by atoms with Gasteiger partial charge in [-0.15, -0.1) is 0 Å². The summed E-state index contributed by atoms with van der Waals surface area (Å²) < 4.78 is 9.70. The number of rotatable bonds is 8. The van der Waals surface area contributed by atoms with E-state index in [1.807, 2.05) is 6.92 Å². The molecule has 0 aromatic heterocycles. The van der Waals surface area contributed by atoms with Crippen molar-refractivity contribution in [3.63, 3.8) is 0 Å². The lowest BCUT2D eigenvalue weighted by Crippen LogP contribution is -2.07. The molecular weight excluding hydrogens is 192 g/mol. The molecule has 0 N–H and O–H groups in total. The first-order valence-electron chi connectivity index (χ1n) is 5.53. The standard InChI is InChI=1S/C12H22O3/c1-4-5-6-7-11(2)10-12(13)15-9-8-14-3/h10H,4-9H2,1-3H3/b11-10+. The Morgan fingerprint density at radius 2 is 2.00 bits per heavy atom. The van der Waals surface area contributed by atoms with Gasteiger partial charge in [-0.1, -0.05) is 25.3 Å². The molecule has 0 radical (unpaired) electrons. The van der Waals surface area contributed by atoms with Crippen molar-refractivity contribution in [1.29, 1.82) is 0 Å². The van der Waals surface area contributed by atoms with Gasteiger partial charge in [-0.25, -0.2) is 4.79 Å². The molecule has 3 heteroatoms. The summed E-state index contributed by atoms with van der Waals surface area (Å²) in [5.74, 6) is -0.263. The molecule has 0 heterocycles. The van der Waals surface area contributed by atoms with Gasteiger partial charge >= 0.3 is 5.97 Å². The summed E-state index contributed by atoms with van der Waals surface area (Å²) in [6.07, 6.45) is 6.11. The minimum absolute atomic E-state index is 0.263. The molecule has 0 amide bonds. The van der Waals surface area contributed by atoms with Crippen LogP contribution in [0.4, 0.5) is 0 Å². The van der Waals surface area contributed by atoms with Crippen molar-refractivity contribution in [2.75, 3.05) is 20.3 Å². The molecule has 0 unspecified atom stereocenters. The van der Waals surface area contributed by atoms with Crippen LogP contribution in [0.2, 0.25) is 0 Å². The zero-order valence-electron chi connectivity index (χ0n) is 10.0. The number of carbonyl (C=O) groups excluding carboxylic acids is 1. The molecule has 0 saturated heterocycles. The summed E-state index contributed by atoms with van der Waals surface area (Å²) in [4.78, 5) is 11.2. The second-order valence-electron chi connectivity index (χ2n) is 3.61. The fraction of sp³-hybridized carbons (Fsp3) is 0.750. The zero-order valence-corrected chi connectivity index (χ0v) is 10.0. The monoisotopic (exact) mass is 214 g/mol. The topological polar surface area (TPSA) is 35.5 Å². The maximum atomic E-state index is 11.2. The van der Waals surface area contributed by atoms with Crippen LogP contribution in [-0.4, -0.2) is 26.3 Å². The molecule has 3 nitrogen and oxygen atoms in total. The SMILES string of the molecule is CCCCC/C(C)=C/C(=O)OCCOC. The fourth-order valence-electron chi connectivity index (χ4n) is 1.19. The third-order valence-corrected chi connectivity index (χ3v) is 2.07. The van der Waals surface area contributed by atoms with Crippen LogP contribution < -0.4 is 0 Å². The van der Waals surface area contributed by atoms with Gasteiger partial charge in [-0.05, 0) is 19.8 Å². The summed E-state index contributed by atoms with van der Waals surface area (Å²) in [5.41, 5.74) is 1.09. The molecule has 0 bridgehead atoms. The van der Waals surface area contributed by atoms with Crippen molar-refractivity contribution < 1.29 is 14.3 Å². The maximum Gasteiger partial charge on any atom is 0.330 e. The Balaban J connectivity index is 3.65. The number of unbranched alkanes of at least 4 members (excludes halogenated alkanes) is 2. The molecule has 0 aliphatic carbocycles. The quantitative estimate of drug-likeness (QED) is 0.354. The Labute approximate surface area is 92.5 Å². The van der Waals surface area contributed by atoms with E-state index >= 15 is 0 Å². The van der Waals surface area contributed by atoms with Crippen molar-refractivity contribution in [2.24, 2.45) is 0 Å². The molecule has 0 rings (SSSR count). The lowest BCUT2D eigenvalue weighted by Gasteiger charge is -2.02. The zero-order chi connectivity index (χ0) is 11.5. The average Bonchev–Trinajstić information content (AvgIpc) is 2.18. The van der Waals surface area contributed by atoms with E-state index in [0.29, 0.717) is 13.2 Å². The van der Waals surface area contributed by atoms with Gasteiger partial charge in [0, 0.05) is 13.2 Å². The number of hydrogen-bond donors (Lipinski definition) is 0. The number of esters is 1. The molecule has 15 heavy (non-hydrogen) atoms. The summed E-state index contributed by atoms with van der Waals surface area (Å²) in [6.45, 7) is 4.91. The van der Waals surface area contributed by atoms with Crippen LogP contribution in [0.5, 0.6) is 0 Å². The van der Waals surface area contributed by atoms with Crippen LogP contribution in [0.25, 0.3) is 0 Å². The number of methoxy groups -OCH3 is 1. The number of carbonyl (C=O) groups is 1. The minimum atomic E-state index is -0.263. The average molecular weight is 214 g/mol. The van der Waals surface area contributed by atoms with E-state index in [1.54, 1.807) is 13.2 Å². The third-order valence-electron chi connectivity index (χ3n) is 2.07. The normalized spacial score (nSPS) is 11.5. The Morgan fingerprint density at radius 3 is 2.60 bits per heavy atom. The first-order valence-corrected chi connectivity index (χ1v) is 5.53. The van der Waals surface area contributed by atoms with Crippen LogP contribution in [-0.2, 0) is 14.3 Å². The van der Waals surface area contributed by atoms with E-state index in [0.717, 1.165) is 18.4 Å². The molecule has 88 valence electrons. The highest BCUT2D eigenvalue weighted by Crippen LogP contribution is 2.07. The van der Waals surface area contributed by atoms with Crippen LogP contribution in [0.15, 0.2) is 11.6 Å². The van der Waals surface area contributed by atoms with E-state index < -0.39 is 0 Å². The van der Waals surface area contributed by atoms with E-state index in [-0.39, 0.29) is 5.97 Å². The molecule has 0 aromatic carbocycles. The lowest BCUT2D eigenvalue weighted by atomic mass is 10.1. The molecule has 0 fully saturated rings. The highest BCUT2D eigenvalue weighted by molar-refractivity contribution is 5.82. The Kier molecular flexibility index (Phi) is 9.18. The van der Waals surface area contributed by atoms with Gasteiger partial charge in [0.2, 0.25) is 0 Å². The van der Waals surface area contributed by atoms with Crippen molar-refractivity contribution in [3.8, 4) is 0 Å². The van der Waals surface area contributed by atoms with Gasteiger partial charge in [0.05, 0.1) is 6.61 Å². The van der Waals surface area contributed by atoms with E-state index in [1.165, 1.54) is 12.8 Å². The first kappa shape index (κ1) is 14.2. The highest BCUT2D eigenvalue weighted by atomic mass is 16.6. The van der Waals surface area contributed by atoms with Gasteiger partial charge in [0.15, 0.2) is 0 Å². The third kappa shape index (κ3) is 9.47. The van der Waals surface area contributed by atoms with E-state index in [4.69, 9.17) is 9.47 Å².